The molecule has 0 amide bonds. The van der Waals surface area contributed by atoms with Crippen molar-refractivity contribution < 1.29 is 2.97 Å². The number of benzene rings is 1. The van der Waals surface area contributed by atoms with Gasteiger partial charge in [0.1, 0.15) is 7.85 Å². The Hall–Kier alpha value is -1.45. The van der Waals surface area contributed by atoms with E-state index in [2.05, 4.69) is 4.98 Å². The van der Waals surface area contributed by atoms with Crippen molar-refractivity contribution in [3.8, 4) is 0 Å². The molecule has 2 radical (unpaired) electrons. The summed E-state index contributed by atoms with van der Waals surface area (Å²) in [6.45, 7) is 5.95. The van der Waals surface area contributed by atoms with Crippen molar-refractivity contribution in [1.29, 1.82) is 0 Å². The van der Waals surface area contributed by atoms with Crippen LogP contribution in [0.15, 0.2) is 12.4 Å². The molecule has 0 saturated carbocycles. The summed E-state index contributed by atoms with van der Waals surface area (Å²) in [5.41, 5.74) is 10.00. The van der Waals surface area contributed by atoms with Crippen LogP contribution >= 0.6 is 0 Å². The molecule has 0 aliphatic heterocycles. The fraction of sp³-hybridized carbons (Fsp3) is 0.364. The Bertz CT molecular complexity index is 483. The Morgan fingerprint density at radius 3 is 2.73 bits per heavy atom. The number of imidazole rings is 1. The summed E-state index contributed by atoms with van der Waals surface area (Å²) in [4.78, 5) is 4.21. The van der Waals surface area contributed by atoms with E-state index in [4.69, 9.17) is 16.5 Å². The van der Waals surface area contributed by atoms with E-state index in [0.29, 0.717) is 11.2 Å². The molecule has 80 valence electrons. The summed E-state index contributed by atoms with van der Waals surface area (Å²) in [6.07, 6.45) is 1.76. The highest BCUT2D eigenvalue weighted by molar-refractivity contribution is 6.37. The van der Waals surface area contributed by atoms with Gasteiger partial charge in [0, 0.05) is 15.7 Å². The van der Waals surface area contributed by atoms with Crippen molar-refractivity contribution >= 4 is 30.0 Å². The minimum absolute atomic E-state index is 0.601. The van der Waals surface area contributed by atoms with Gasteiger partial charge in [0.05, 0.1) is 17.4 Å². The average molecular weight is 205 g/mol. The normalized spacial score (nSPS) is 10.4. The van der Waals surface area contributed by atoms with Crippen LogP contribution in [-0.4, -0.2) is 17.4 Å². The Labute approximate surface area is 94.8 Å². The third-order valence-electron chi connectivity index (χ3n) is 2.33. The van der Waals surface area contributed by atoms with Crippen LogP contribution in [-0.2, 0) is 7.05 Å². The zero-order valence-electron chi connectivity index (χ0n) is 11.7. The molecule has 0 saturated heterocycles. The molecule has 0 bridgehead atoms. The SMILES string of the molecule is CC.[2H][2H].[B]c1cc2ncn(C)c2c(C)c1N. The maximum absolute atomic E-state index is 5.81. The van der Waals surface area contributed by atoms with Gasteiger partial charge in [0.25, 0.3) is 0 Å². The first-order valence-corrected chi connectivity index (χ1v) is 5.07. The molecule has 2 N–H and O–H groups in total. The summed E-state index contributed by atoms with van der Waals surface area (Å²) in [5, 5.41) is 0. The molecule has 0 fully saturated rings. The Morgan fingerprint density at radius 2 is 2.13 bits per heavy atom. The van der Waals surface area contributed by atoms with E-state index in [-0.39, 0.29) is 0 Å². The highest BCUT2D eigenvalue weighted by atomic mass is 15.0. The molecular weight excluding hydrogens is 185 g/mol. The van der Waals surface area contributed by atoms with Crippen LogP contribution < -0.4 is 11.2 Å². The lowest BCUT2D eigenvalue weighted by atomic mass is 9.91. The predicted octanol–water partition coefficient (Wildman–Crippen LogP) is 1.53. The van der Waals surface area contributed by atoms with Gasteiger partial charge in [-0.05, 0) is 18.6 Å². The lowest BCUT2D eigenvalue weighted by Gasteiger charge is -2.06. The summed E-state index contributed by atoms with van der Waals surface area (Å²) in [7, 11) is 7.66. The first kappa shape index (κ1) is 10.1. The molecule has 0 aliphatic carbocycles. The van der Waals surface area contributed by atoms with Crippen molar-refractivity contribution in [2.24, 2.45) is 7.05 Å². The molecule has 0 spiro atoms. The van der Waals surface area contributed by atoms with Crippen LogP contribution in [0.2, 0.25) is 0 Å². The van der Waals surface area contributed by atoms with Gasteiger partial charge in [-0.2, -0.15) is 0 Å². The molecule has 0 atom stereocenters. The number of aromatic nitrogens is 2. The zero-order chi connectivity index (χ0) is 13.6. The number of nitrogens with two attached hydrogens (primary N) is 1. The predicted molar refractivity (Wildman–Crippen MR) is 68.7 cm³/mol. The minimum atomic E-state index is 0.601. The van der Waals surface area contributed by atoms with Crippen molar-refractivity contribution in [1.82, 2.24) is 9.55 Å². The van der Waals surface area contributed by atoms with Crippen molar-refractivity contribution in [2.75, 3.05) is 5.73 Å². The Morgan fingerprint density at radius 1 is 1.53 bits per heavy atom. The van der Waals surface area contributed by atoms with E-state index in [0.717, 1.165) is 16.6 Å². The minimum Gasteiger partial charge on any atom is -0.399 e. The molecular formula is C11H18BN3. The number of fused-ring (bicyclic) bond motifs is 1. The van der Waals surface area contributed by atoms with E-state index in [1.54, 1.807) is 12.4 Å². The summed E-state index contributed by atoms with van der Waals surface area (Å²) in [5.74, 6) is 0. The van der Waals surface area contributed by atoms with Crippen molar-refractivity contribution in [2.45, 2.75) is 20.8 Å². The number of nitrogens with zero attached hydrogens (tertiary/aromatic N) is 2. The van der Waals surface area contributed by atoms with Gasteiger partial charge in [0.15, 0.2) is 0 Å². The van der Waals surface area contributed by atoms with Gasteiger partial charge in [-0.15, -0.1) is 0 Å². The molecule has 4 heteroatoms. The summed E-state index contributed by atoms with van der Waals surface area (Å²) < 4.78 is 11.9. The van der Waals surface area contributed by atoms with Crippen LogP contribution in [0.5, 0.6) is 0 Å². The third-order valence-corrected chi connectivity index (χ3v) is 2.33. The van der Waals surface area contributed by atoms with Crippen molar-refractivity contribution in [3.05, 3.63) is 18.0 Å². The largest absolute Gasteiger partial charge is 0.399 e. The maximum Gasteiger partial charge on any atom is 0.116 e. The number of rotatable bonds is 0. The Balaban J connectivity index is 0.000000581. The molecule has 0 aliphatic rings. The van der Waals surface area contributed by atoms with E-state index in [1.807, 2.05) is 32.4 Å². The summed E-state index contributed by atoms with van der Waals surface area (Å²) in [6, 6.07) is 1.80. The van der Waals surface area contributed by atoms with Gasteiger partial charge < -0.3 is 10.3 Å². The van der Waals surface area contributed by atoms with E-state index in [1.165, 1.54) is 0 Å². The first-order valence-electron chi connectivity index (χ1n) is 6.07. The van der Waals surface area contributed by atoms with Crippen molar-refractivity contribution in [3.63, 3.8) is 0 Å². The highest BCUT2D eigenvalue weighted by Crippen LogP contribution is 2.19. The zero-order valence-corrected chi connectivity index (χ0v) is 9.70. The molecule has 15 heavy (non-hydrogen) atoms. The second-order valence-corrected chi connectivity index (χ2v) is 3.23. The van der Waals surface area contributed by atoms with E-state index >= 15 is 0 Å². The number of hydrogen-bond acceptors (Lipinski definition) is 2. The number of anilines is 1. The van der Waals surface area contributed by atoms with Gasteiger partial charge in [-0.3, -0.25) is 0 Å². The smallest absolute Gasteiger partial charge is 0.116 e. The van der Waals surface area contributed by atoms with E-state index < -0.39 is 0 Å². The molecule has 1 aromatic carbocycles. The highest BCUT2D eigenvalue weighted by Gasteiger charge is 2.07. The second-order valence-electron chi connectivity index (χ2n) is 3.23. The van der Waals surface area contributed by atoms with Gasteiger partial charge >= 0.3 is 0 Å². The van der Waals surface area contributed by atoms with E-state index in [9.17, 15) is 0 Å². The van der Waals surface area contributed by atoms with Crippen LogP contribution in [0.4, 0.5) is 5.69 Å². The lowest BCUT2D eigenvalue weighted by Crippen LogP contribution is -2.12. The second kappa shape index (κ2) is 4.38. The summed E-state index contributed by atoms with van der Waals surface area (Å²) >= 11 is 0. The molecule has 3 nitrogen and oxygen atoms in total. The average Bonchev–Trinajstić information content (AvgIpc) is 2.73. The quantitative estimate of drug-likeness (QED) is 0.523. The fourth-order valence-corrected chi connectivity index (χ4v) is 1.58. The standard InChI is InChI=1S/C9H10BN3.C2H6.H2/c1-5-8(11)6(10)3-7-9(5)13(2)4-12-7;1-2;/h3-4H,11H2,1-2H3;1-2H3;1H/i;;1+1D. The third kappa shape index (κ3) is 1.84. The number of nitrogen functional groups attached to an aromatic ring is 1. The van der Waals surface area contributed by atoms with Gasteiger partial charge in [-0.25, -0.2) is 4.98 Å². The molecule has 1 heterocycles. The molecule has 0 unspecified atom stereocenters. The Kier molecular flexibility index (Phi) is 2.95. The molecule has 1 aromatic heterocycles. The lowest BCUT2D eigenvalue weighted by molar-refractivity contribution is 0.944. The van der Waals surface area contributed by atoms with Crippen LogP contribution in [0.25, 0.3) is 11.0 Å². The molecule has 2 rings (SSSR count). The topological polar surface area (TPSA) is 43.8 Å². The van der Waals surface area contributed by atoms with Gasteiger partial charge in [0.2, 0.25) is 0 Å². The van der Waals surface area contributed by atoms with Crippen LogP contribution in [0.3, 0.4) is 0 Å². The van der Waals surface area contributed by atoms with Gasteiger partial charge in [-0.1, -0.05) is 19.3 Å². The maximum atomic E-state index is 5.81. The van der Waals surface area contributed by atoms with Crippen LogP contribution in [0, 0.1) is 6.92 Å². The fourth-order valence-electron chi connectivity index (χ4n) is 1.58. The number of hydrogen-bond donors (Lipinski definition) is 1. The number of aryl methyl sites for hydroxylation is 2. The first-order chi connectivity index (χ1) is 8.11. The van der Waals surface area contributed by atoms with Crippen LogP contribution in [0.1, 0.15) is 22.4 Å². The monoisotopic (exact) mass is 205 g/mol. The molecule has 2 aromatic rings.